The highest BCUT2D eigenvalue weighted by atomic mass is 15.1. The normalized spacial score (nSPS) is 24.1. The van der Waals surface area contributed by atoms with Crippen LogP contribution in [-0.4, -0.2) is 24.1 Å². The smallest absolute Gasteiger partial charge is 0.126 e. The van der Waals surface area contributed by atoms with Gasteiger partial charge in [-0.1, -0.05) is 0 Å². The Hall–Kier alpha value is -1.09. The van der Waals surface area contributed by atoms with Crippen LogP contribution in [0.2, 0.25) is 0 Å². The van der Waals surface area contributed by atoms with E-state index < -0.39 is 0 Å². The number of rotatable bonds is 2. The van der Waals surface area contributed by atoms with Gasteiger partial charge in [-0.3, -0.25) is 0 Å². The zero-order chi connectivity index (χ0) is 10.1. The number of aryl methyl sites for hydroxylation is 2. The first-order valence-electron chi connectivity index (χ1n) is 5.87. The van der Waals surface area contributed by atoms with Gasteiger partial charge in [0.25, 0.3) is 0 Å². The molecule has 80 valence electrons. The standard InChI is InChI=1S/C12H17N3/c1-2-9-6-12(14-7-10(9)3-1)15-11-4-5-13-8-11/h6-7,11,13H,1-5,8H2,(H,14,15). The highest BCUT2D eigenvalue weighted by molar-refractivity contribution is 5.43. The Morgan fingerprint density at radius 2 is 2.27 bits per heavy atom. The van der Waals surface area contributed by atoms with E-state index in [9.17, 15) is 0 Å². The summed E-state index contributed by atoms with van der Waals surface area (Å²) in [5, 5.41) is 6.85. The zero-order valence-electron chi connectivity index (χ0n) is 8.92. The molecular weight excluding hydrogens is 186 g/mol. The molecule has 1 fully saturated rings. The van der Waals surface area contributed by atoms with Crippen molar-refractivity contribution in [1.82, 2.24) is 10.3 Å². The molecule has 0 radical (unpaired) electrons. The average Bonchev–Trinajstić information content (AvgIpc) is 2.87. The van der Waals surface area contributed by atoms with Crippen LogP contribution < -0.4 is 10.6 Å². The van der Waals surface area contributed by atoms with E-state index in [0.29, 0.717) is 6.04 Å². The van der Waals surface area contributed by atoms with Crippen molar-refractivity contribution < 1.29 is 0 Å². The van der Waals surface area contributed by atoms with Gasteiger partial charge in [-0.05, 0) is 49.4 Å². The van der Waals surface area contributed by atoms with Gasteiger partial charge in [-0.15, -0.1) is 0 Å². The predicted octanol–water partition coefficient (Wildman–Crippen LogP) is 1.34. The summed E-state index contributed by atoms with van der Waals surface area (Å²) in [6.07, 6.45) is 7.00. The molecule has 2 N–H and O–H groups in total. The van der Waals surface area contributed by atoms with Gasteiger partial charge < -0.3 is 10.6 Å². The lowest BCUT2D eigenvalue weighted by atomic mass is 10.2. The Balaban J connectivity index is 1.75. The molecule has 0 aromatic carbocycles. The molecule has 2 aliphatic rings. The van der Waals surface area contributed by atoms with Crippen LogP contribution in [0.25, 0.3) is 0 Å². The molecule has 1 atom stereocenters. The largest absolute Gasteiger partial charge is 0.366 e. The summed E-state index contributed by atoms with van der Waals surface area (Å²) in [5.74, 6) is 1.06. The SMILES string of the molecule is c1nc(NC2CCNC2)cc2c1CCC2. The molecule has 1 aliphatic heterocycles. The minimum absolute atomic E-state index is 0.567. The van der Waals surface area contributed by atoms with Crippen molar-refractivity contribution in [1.29, 1.82) is 0 Å². The van der Waals surface area contributed by atoms with E-state index in [4.69, 9.17) is 0 Å². The van der Waals surface area contributed by atoms with Crippen LogP contribution in [0.15, 0.2) is 12.3 Å². The molecule has 0 amide bonds. The number of anilines is 1. The van der Waals surface area contributed by atoms with E-state index in [1.807, 2.05) is 6.20 Å². The second-order valence-electron chi connectivity index (χ2n) is 4.53. The van der Waals surface area contributed by atoms with Crippen molar-refractivity contribution in [3.8, 4) is 0 Å². The monoisotopic (exact) mass is 203 g/mol. The molecule has 3 rings (SSSR count). The number of nitrogens with zero attached hydrogens (tertiary/aromatic N) is 1. The summed E-state index contributed by atoms with van der Waals surface area (Å²) in [6, 6.07) is 2.80. The van der Waals surface area contributed by atoms with Crippen LogP contribution in [0, 0.1) is 0 Å². The minimum Gasteiger partial charge on any atom is -0.366 e. The van der Waals surface area contributed by atoms with E-state index in [2.05, 4.69) is 21.7 Å². The van der Waals surface area contributed by atoms with Gasteiger partial charge in [-0.2, -0.15) is 0 Å². The van der Waals surface area contributed by atoms with Gasteiger partial charge >= 0.3 is 0 Å². The third-order valence-electron chi connectivity index (χ3n) is 3.39. The second kappa shape index (κ2) is 3.81. The van der Waals surface area contributed by atoms with Gasteiger partial charge in [0.1, 0.15) is 5.82 Å². The van der Waals surface area contributed by atoms with Crippen LogP contribution in [0.1, 0.15) is 24.0 Å². The maximum Gasteiger partial charge on any atom is 0.126 e. The van der Waals surface area contributed by atoms with E-state index in [1.165, 1.54) is 36.8 Å². The number of nitrogens with one attached hydrogen (secondary N) is 2. The quantitative estimate of drug-likeness (QED) is 0.761. The van der Waals surface area contributed by atoms with Gasteiger partial charge in [0, 0.05) is 18.8 Å². The van der Waals surface area contributed by atoms with Gasteiger partial charge in [0.05, 0.1) is 0 Å². The minimum atomic E-state index is 0.567. The lowest BCUT2D eigenvalue weighted by Crippen LogP contribution is -2.22. The fourth-order valence-corrected chi connectivity index (χ4v) is 2.52. The molecule has 1 saturated heterocycles. The summed E-state index contributed by atoms with van der Waals surface area (Å²) < 4.78 is 0. The zero-order valence-corrected chi connectivity index (χ0v) is 8.92. The second-order valence-corrected chi connectivity index (χ2v) is 4.53. The first kappa shape index (κ1) is 9.16. The summed E-state index contributed by atoms with van der Waals surface area (Å²) in [5.41, 5.74) is 2.95. The summed E-state index contributed by atoms with van der Waals surface area (Å²) in [7, 11) is 0. The van der Waals surface area contributed by atoms with Gasteiger partial charge in [-0.25, -0.2) is 4.98 Å². The molecule has 0 saturated carbocycles. The molecule has 1 aromatic rings. The Morgan fingerprint density at radius 3 is 3.13 bits per heavy atom. The Labute approximate surface area is 90.3 Å². The average molecular weight is 203 g/mol. The third-order valence-corrected chi connectivity index (χ3v) is 3.39. The highest BCUT2D eigenvalue weighted by Gasteiger charge is 2.16. The molecule has 3 nitrogen and oxygen atoms in total. The van der Waals surface area contributed by atoms with Crippen molar-refractivity contribution in [2.24, 2.45) is 0 Å². The number of hydrogen-bond donors (Lipinski definition) is 2. The number of pyridine rings is 1. The topological polar surface area (TPSA) is 37.0 Å². The van der Waals surface area contributed by atoms with E-state index >= 15 is 0 Å². The molecular formula is C12H17N3. The van der Waals surface area contributed by atoms with Crippen LogP contribution in [0.5, 0.6) is 0 Å². The Kier molecular flexibility index (Phi) is 2.33. The molecule has 0 spiro atoms. The van der Waals surface area contributed by atoms with Crippen LogP contribution in [-0.2, 0) is 12.8 Å². The van der Waals surface area contributed by atoms with E-state index in [1.54, 1.807) is 0 Å². The Bertz CT molecular complexity index is 356. The predicted molar refractivity (Wildman–Crippen MR) is 61.2 cm³/mol. The maximum absolute atomic E-state index is 4.47. The molecule has 1 aromatic heterocycles. The van der Waals surface area contributed by atoms with Crippen molar-refractivity contribution in [2.75, 3.05) is 18.4 Å². The lowest BCUT2D eigenvalue weighted by molar-refractivity contribution is 0.787. The summed E-state index contributed by atoms with van der Waals surface area (Å²) in [6.45, 7) is 2.20. The first-order valence-corrected chi connectivity index (χ1v) is 5.87. The summed E-state index contributed by atoms with van der Waals surface area (Å²) in [4.78, 5) is 4.47. The molecule has 1 unspecified atom stereocenters. The van der Waals surface area contributed by atoms with Crippen LogP contribution >= 0.6 is 0 Å². The fourth-order valence-electron chi connectivity index (χ4n) is 2.52. The summed E-state index contributed by atoms with van der Waals surface area (Å²) >= 11 is 0. The lowest BCUT2D eigenvalue weighted by Gasteiger charge is -2.12. The molecule has 15 heavy (non-hydrogen) atoms. The van der Waals surface area contributed by atoms with Crippen molar-refractivity contribution >= 4 is 5.82 Å². The number of hydrogen-bond acceptors (Lipinski definition) is 3. The van der Waals surface area contributed by atoms with Crippen molar-refractivity contribution in [3.05, 3.63) is 23.4 Å². The highest BCUT2D eigenvalue weighted by Crippen LogP contribution is 2.23. The molecule has 3 heteroatoms. The first-order chi connectivity index (χ1) is 7.42. The number of aromatic nitrogens is 1. The number of fused-ring (bicyclic) bond motifs is 1. The van der Waals surface area contributed by atoms with Crippen molar-refractivity contribution in [2.45, 2.75) is 31.7 Å². The molecule has 0 bridgehead atoms. The molecule has 1 aliphatic carbocycles. The van der Waals surface area contributed by atoms with E-state index in [-0.39, 0.29) is 0 Å². The maximum atomic E-state index is 4.47. The van der Waals surface area contributed by atoms with E-state index in [0.717, 1.165) is 18.9 Å². The van der Waals surface area contributed by atoms with Gasteiger partial charge in [0.15, 0.2) is 0 Å². The Morgan fingerprint density at radius 1 is 1.33 bits per heavy atom. The van der Waals surface area contributed by atoms with Gasteiger partial charge in [0.2, 0.25) is 0 Å². The van der Waals surface area contributed by atoms with Crippen molar-refractivity contribution in [3.63, 3.8) is 0 Å². The third kappa shape index (κ3) is 1.84. The fraction of sp³-hybridized carbons (Fsp3) is 0.583. The van der Waals surface area contributed by atoms with Crippen LogP contribution in [0.4, 0.5) is 5.82 Å². The molecule has 2 heterocycles. The van der Waals surface area contributed by atoms with Crippen LogP contribution in [0.3, 0.4) is 0 Å².